The first kappa shape index (κ1) is 18.7. The summed E-state index contributed by atoms with van der Waals surface area (Å²) in [5, 5.41) is 12.5. The molecule has 0 radical (unpaired) electrons. The number of hydrogen-bond donors (Lipinski definition) is 4. The van der Waals surface area contributed by atoms with Crippen LogP contribution >= 0.6 is 0 Å². The minimum Gasteiger partial charge on any atom is -0.390 e. The summed E-state index contributed by atoms with van der Waals surface area (Å²) in [5.41, 5.74) is 0.156. The molecule has 1 aromatic carbocycles. The van der Waals surface area contributed by atoms with Crippen molar-refractivity contribution < 1.29 is 9.90 Å². The fourth-order valence-corrected chi connectivity index (χ4v) is 2.35. The number of H-pyrrole nitrogens is 2. The minimum absolute atomic E-state index is 0.231. The fraction of sp³-hybridized carbons (Fsp3) is 0.389. The molecule has 0 fully saturated rings. The molecule has 2 aromatic rings. The summed E-state index contributed by atoms with van der Waals surface area (Å²) in [6.45, 7) is 3.78. The highest BCUT2D eigenvalue weighted by Gasteiger charge is 2.13. The van der Waals surface area contributed by atoms with E-state index in [9.17, 15) is 19.5 Å². The Balaban J connectivity index is 1.92. The standard InChI is InChI=1S/C18H23N3O4/c1-18(2,25)8-6-12-4-3-5-13(10-12)15(22)19-9-7-14-11-20-17(24)21-16(14)23/h3-5,10-11,25H,6-9H2,1-2H3,(H,19,22)(H2,20,21,23,24). The molecule has 1 amide bonds. The zero-order valence-electron chi connectivity index (χ0n) is 14.4. The van der Waals surface area contributed by atoms with Gasteiger partial charge in [0.05, 0.1) is 5.60 Å². The molecule has 0 aliphatic heterocycles. The summed E-state index contributed by atoms with van der Waals surface area (Å²) in [6, 6.07) is 7.24. The lowest BCUT2D eigenvalue weighted by molar-refractivity contribution is 0.0714. The Morgan fingerprint density at radius 3 is 2.68 bits per heavy atom. The fourth-order valence-electron chi connectivity index (χ4n) is 2.35. The third-order valence-electron chi connectivity index (χ3n) is 3.79. The lowest BCUT2D eigenvalue weighted by atomic mass is 9.98. The molecule has 1 aromatic heterocycles. The van der Waals surface area contributed by atoms with E-state index < -0.39 is 16.9 Å². The summed E-state index contributed by atoms with van der Waals surface area (Å²) < 4.78 is 0. The van der Waals surface area contributed by atoms with Gasteiger partial charge in [-0.3, -0.25) is 14.6 Å². The maximum Gasteiger partial charge on any atom is 0.325 e. The van der Waals surface area contributed by atoms with Gasteiger partial charge in [-0.1, -0.05) is 12.1 Å². The third-order valence-corrected chi connectivity index (χ3v) is 3.79. The average molecular weight is 345 g/mol. The predicted octanol–water partition coefficient (Wildman–Crippen LogP) is 0.739. The molecule has 4 N–H and O–H groups in total. The molecule has 2 rings (SSSR count). The van der Waals surface area contributed by atoms with E-state index in [4.69, 9.17) is 0 Å². The molecular formula is C18H23N3O4. The number of carbonyl (C=O) groups excluding carboxylic acids is 1. The van der Waals surface area contributed by atoms with Crippen molar-refractivity contribution >= 4 is 5.91 Å². The van der Waals surface area contributed by atoms with Crippen molar-refractivity contribution in [2.45, 2.75) is 38.7 Å². The minimum atomic E-state index is -0.748. The molecule has 7 nitrogen and oxygen atoms in total. The van der Waals surface area contributed by atoms with Gasteiger partial charge in [-0.2, -0.15) is 0 Å². The predicted molar refractivity (Wildman–Crippen MR) is 94.8 cm³/mol. The van der Waals surface area contributed by atoms with E-state index in [1.807, 2.05) is 6.07 Å². The van der Waals surface area contributed by atoms with Gasteiger partial charge >= 0.3 is 5.69 Å². The van der Waals surface area contributed by atoms with E-state index in [2.05, 4.69) is 15.3 Å². The number of hydrogen-bond acceptors (Lipinski definition) is 4. The first-order chi connectivity index (χ1) is 11.7. The molecule has 0 unspecified atom stereocenters. The van der Waals surface area contributed by atoms with Crippen LogP contribution in [0.5, 0.6) is 0 Å². The summed E-state index contributed by atoms with van der Waals surface area (Å²) in [4.78, 5) is 39.3. The van der Waals surface area contributed by atoms with Crippen molar-refractivity contribution in [2.75, 3.05) is 6.54 Å². The molecule has 1 heterocycles. The van der Waals surface area contributed by atoms with Crippen molar-refractivity contribution in [3.8, 4) is 0 Å². The van der Waals surface area contributed by atoms with Gasteiger partial charge in [0.1, 0.15) is 0 Å². The Labute approximate surface area is 145 Å². The van der Waals surface area contributed by atoms with Gasteiger partial charge in [0.2, 0.25) is 0 Å². The summed E-state index contributed by atoms with van der Waals surface area (Å²) in [6.07, 6.45) is 2.95. The average Bonchev–Trinajstić information content (AvgIpc) is 2.54. The van der Waals surface area contributed by atoms with Gasteiger partial charge in [-0.05, 0) is 50.8 Å². The Hall–Kier alpha value is -2.67. The maximum atomic E-state index is 12.2. The Bertz CT molecular complexity index is 846. The number of carbonyl (C=O) groups is 1. The number of nitrogens with one attached hydrogen (secondary N) is 3. The van der Waals surface area contributed by atoms with Crippen LogP contribution in [-0.4, -0.2) is 33.1 Å². The molecule has 0 saturated heterocycles. The van der Waals surface area contributed by atoms with Gasteiger partial charge < -0.3 is 15.4 Å². The number of aryl methyl sites for hydroxylation is 1. The number of rotatable bonds is 7. The van der Waals surface area contributed by atoms with Crippen LogP contribution in [0.2, 0.25) is 0 Å². The van der Waals surface area contributed by atoms with E-state index in [0.717, 1.165) is 5.56 Å². The number of benzene rings is 1. The van der Waals surface area contributed by atoms with Gasteiger partial charge in [0, 0.05) is 23.9 Å². The van der Waals surface area contributed by atoms with Crippen LogP contribution in [0.15, 0.2) is 40.1 Å². The topological polar surface area (TPSA) is 115 Å². The molecule has 0 aliphatic rings. The molecule has 0 spiro atoms. The number of amides is 1. The Morgan fingerprint density at radius 1 is 1.24 bits per heavy atom. The smallest absolute Gasteiger partial charge is 0.325 e. The summed E-state index contributed by atoms with van der Waals surface area (Å²) in [5.74, 6) is -0.231. The Morgan fingerprint density at radius 2 is 2.00 bits per heavy atom. The second-order valence-electron chi connectivity index (χ2n) is 6.62. The van der Waals surface area contributed by atoms with Crippen LogP contribution < -0.4 is 16.6 Å². The van der Waals surface area contributed by atoms with E-state index in [1.165, 1.54) is 6.20 Å². The first-order valence-electron chi connectivity index (χ1n) is 8.15. The number of aliphatic hydroxyl groups is 1. The van der Waals surface area contributed by atoms with Crippen molar-refractivity contribution in [3.63, 3.8) is 0 Å². The van der Waals surface area contributed by atoms with Gasteiger partial charge in [0.15, 0.2) is 0 Å². The zero-order valence-corrected chi connectivity index (χ0v) is 14.4. The maximum absolute atomic E-state index is 12.2. The quantitative estimate of drug-likeness (QED) is 0.592. The highest BCUT2D eigenvalue weighted by atomic mass is 16.3. The molecule has 0 aliphatic carbocycles. The van der Waals surface area contributed by atoms with Gasteiger partial charge in [0.25, 0.3) is 11.5 Å². The van der Waals surface area contributed by atoms with E-state index in [1.54, 1.807) is 32.0 Å². The second kappa shape index (κ2) is 7.94. The molecule has 134 valence electrons. The molecule has 0 saturated carbocycles. The van der Waals surface area contributed by atoms with Crippen LogP contribution in [0, 0.1) is 0 Å². The van der Waals surface area contributed by atoms with Crippen molar-refractivity contribution in [3.05, 3.63) is 68.0 Å². The van der Waals surface area contributed by atoms with Crippen LogP contribution in [-0.2, 0) is 12.8 Å². The molecule has 7 heteroatoms. The SMILES string of the molecule is CC(C)(O)CCc1cccc(C(=O)NCCc2c[nH]c(=O)[nH]c2=O)c1. The number of aromatic amines is 2. The van der Waals surface area contributed by atoms with Crippen molar-refractivity contribution in [2.24, 2.45) is 0 Å². The van der Waals surface area contributed by atoms with E-state index in [-0.39, 0.29) is 12.5 Å². The van der Waals surface area contributed by atoms with Crippen molar-refractivity contribution in [1.82, 2.24) is 15.3 Å². The van der Waals surface area contributed by atoms with Crippen LogP contribution in [0.4, 0.5) is 0 Å². The van der Waals surface area contributed by atoms with Gasteiger partial charge in [-0.15, -0.1) is 0 Å². The van der Waals surface area contributed by atoms with E-state index >= 15 is 0 Å². The highest BCUT2D eigenvalue weighted by Crippen LogP contribution is 2.14. The van der Waals surface area contributed by atoms with Crippen LogP contribution in [0.25, 0.3) is 0 Å². The number of aromatic nitrogens is 2. The summed E-state index contributed by atoms with van der Waals surface area (Å²) >= 11 is 0. The monoisotopic (exact) mass is 345 g/mol. The lowest BCUT2D eigenvalue weighted by Crippen LogP contribution is -2.30. The third kappa shape index (κ3) is 6.04. The van der Waals surface area contributed by atoms with Crippen LogP contribution in [0.1, 0.15) is 41.8 Å². The highest BCUT2D eigenvalue weighted by molar-refractivity contribution is 5.94. The zero-order chi connectivity index (χ0) is 18.4. The summed E-state index contributed by atoms with van der Waals surface area (Å²) in [7, 11) is 0. The second-order valence-corrected chi connectivity index (χ2v) is 6.62. The normalized spacial score (nSPS) is 11.3. The first-order valence-corrected chi connectivity index (χ1v) is 8.15. The largest absolute Gasteiger partial charge is 0.390 e. The molecule has 0 bridgehead atoms. The van der Waals surface area contributed by atoms with Gasteiger partial charge in [-0.25, -0.2) is 4.79 Å². The Kier molecular flexibility index (Phi) is 5.93. The van der Waals surface area contributed by atoms with Crippen LogP contribution in [0.3, 0.4) is 0 Å². The lowest BCUT2D eigenvalue weighted by Gasteiger charge is -2.16. The molecular weight excluding hydrogens is 322 g/mol. The van der Waals surface area contributed by atoms with E-state index in [0.29, 0.717) is 30.4 Å². The molecule has 0 atom stereocenters. The van der Waals surface area contributed by atoms with Crippen molar-refractivity contribution in [1.29, 1.82) is 0 Å². The molecule has 25 heavy (non-hydrogen) atoms.